The summed E-state index contributed by atoms with van der Waals surface area (Å²) in [5.41, 5.74) is 1.00. The molecule has 0 saturated carbocycles. The predicted octanol–water partition coefficient (Wildman–Crippen LogP) is 1.98. The van der Waals surface area contributed by atoms with Gasteiger partial charge in [0.25, 0.3) is 0 Å². The van der Waals surface area contributed by atoms with Crippen LogP contribution in [0.2, 0.25) is 0 Å². The standard InChI is InChI=1S/C16H17NO4S/c1-20-15-8-4-5-9-16(15)22(18,19)17-13-10-12-6-2-3-7-14(12)21-11-13/h2-9,13,17H,10-11H2,1H3. The van der Waals surface area contributed by atoms with Gasteiger partial charge in [-0.3, -0.25) is 0 Å². The van der Waals surface area contributed by atoms with Gasteiger partial charge in [0.1, 0.15) is 23.0 Å². The third kappa shape index (κ3) is 2.93. The molecule has 0 spiro atoms. The van der Waals surface area contributed by atoms with Crippen LogP contribution in [0.4, 0.5) is 0 Å². The second kappa shape index (κ2) is 5.98. The second-order valence-corrected chi connectivity index (χ2v) is 6.77. The fourth-order valence-corrected chi connectivity index (χ4v) is 3.92. The van der Waals surface area contributed by atoms with Crippen molar-refractivity contribution < 1.29 is 17.9 Å². The number of methoxy groups -OCH3 is 1. The summed E-state index contributed by atoms with van der Waals surface area (Å²) in [6.07, 6.45) is 0.602. The highest BCUT2D eigenvalue weighted by Gasteiger charge is 2.27. The Hall–Kier alpha value is -2.05. The molecule has 1 atom stereocenters. The molecule has 1 N–H and O–H groups in total. The molecule has 1 unspecified atom stereocenters. The average Bonchev–Trinajstić information content (AvgIpc) is 2.54. The quantitative estimate of drug-likeness (QED) is 0.936. The van der Waals surface area contributed by atoms with Crippen molar-refractivity contribution in [2.75, 3.05) is 13.7 Å². The van der Waals surface area contributed by atoms with Crippen molar-refractivity contribution in [3.8, 4) is 11.5 Å². The molecule has 116 valence electrons. The van der Waals surface area contributed by atoms with Crippen LogP contribution in [0.5, 0.6) is 11.5 Å². The summed E-state index contributed by atoms with van der Waals surface area (Å²) >= 11 is 0. The van der Waals surface area contributed by atoms with Crippen molar-refractivity contribution in [2.24, 2.45) is 0 Å². The van der Waals surface area contributed by atoms with Crippen molar-refractivity contribution in [3.63, 3.8) is 0 Å². The number of fused-ring (bicyclic) bond motifs is 1. The van der Waals surface area contributed by atoms with Crippen molar-refractivity contribution >= 4 is 10.0 Å². The van der Waals surface area contributed by atoms with E-state index >= 15 is 0 Å². The summed E-state index contributed by atoms with van der Waals surface area (Å²) in [5, 5.41) is 0. The zero-order valence-corrected chi connectivity index (χ0v) is 13.0. The van der Waals surface area contributed by atoms with Gasteiger partial charge in [-0.2, -0.15) is 0 Å². The third-order valence-electron chi connectivity index (χ3n) is 3.56. The van der Waals surface area contributed by atoms with E-state index in [-0.39, 0.29) is 10.9 Å². The number of benzene rings is 2. The molecule has 6 heteroatoms. The fraction of sp³-hybridized carbons (Fsp3) is 0.250. The van der Waals surface area contributed by atoms with Crippen LogP contribution in [0.1, 0.15) is 5.56 Å². The molecule has 2 aromatic rings. The molecule has 2 aromatic carbocycles. The first kappa shape index (κ1) is 14.9. The first-order chi connectivity index (χ1) is 10.6. The van der Waals surface area contributed by atoms with Gasteiger partial charge in [0.2, 0.25) is 10.0 Å². The van der Waals surface area contributed by atoms with Crippen LogP contribution in [-0.2, 0) is 16.4 Å². The Morgan fingerprint density at radius 2 is 1.86 bits per heavy atom. The lowest BCUT2D eigenvalue weighted by atomic mass is 10.0. The number of para-hydroxylation sites is 2. The Balaban J connectivity index is 1.81. The van der Waals surface area contributed by atoms with E-state index in [1.807, 2.05) is 24.3 Å². The number of nitrogens with one attached hydrogen (secondary N) is 1. The van der Waals surface area contributed by atoms with Gasteiger partial charge in [0.15, 0.2) is 0 Å². The molecule has 1 aliphatic heterocycles. The molecule has 1 heterocycles. The van der Waals surface area contributed by atoms with Crippen LogP contribution < -0.4 is 14.2 Å². The van der Waals surface area contributed by atoms with Gasteiger partial charge in [0, 0.05) is 0 Å². The molecule has 0 aliphatic carbocycles. The molecule has 0 amide bonds. The highest BCUT2D eigenvalue weighted by atomic mass is 32.2. The number of ether oxygens (including phenoxy) is 2. The largest absolute Gasteiger partial charge is 0.495 e. The van der Waals surface area contributed by atoms with Crippen LogP contribution in [0.15, 0.2) is 53.4 Å². The molecular weight excluding hydrogens is 302 g/mol. The molecule has 0 bridgehead atoms. The molecule has 0 fully saturated rings. The Labute approximate surface area is 129 Å². The first-order valence-corrected chi connectivity index (χ1v) is 8.44. The summed E-state index contributed by atoms with van der Waals surface area (Å²) in [4.78, 5) is 0.136. The third-order valence-corrected chi connectivity index (χ3v) is 5.12. The van der Waals surface area contributed by atoms with Crippen molar-refractivity contribution in [1.82, 2.24) is 4.72 Å². The molecule has 1 aliphatic rings. The van der Waals surface area contributed by atoms with E-state index in [0.717, 1.165) is 11.3 Å². The van der Waals surface area contributed by atoms with E-state index in [1.165, 1.54) is 13.2 Å². The van der Waals surface area contributed by atoms with E-state index in [4.69, 9.17) is 9.47 Å². The molecule has 5 nitrogen and oxygen atoms in total. The van der Waals surface area contributed by atoms with E-state index in [0.29, 0.717) is 18.8 Å². The minimum atomic E-state index is -3.66. The van der Waals surface area contributed by atoms with Crippen LogP contribution in [0.25, 0.3) is 0 Å². The number of hydrogen-bond donors (Lipinski definition) is 1. The van der Waals surface area contributed by atoms with Gasteiger partial charge >= 0.3 is 0 Å². The Bertz CT molecular complexity index is 773. The van der Waals surface area contributed by atoms with Crippen LogP contribution >= 0.6 is 0 Å². The van der Waals surface area contributed by atoms with Crippen LogP contribution in [0, 0.1) is 0 Å². The van der Waals surface area contributed by atoms with Crippen molar-refractivity contribution in [3.05, 3.63) is 54.1 Å². The van der Waals surface area contributed by atoms with Crippen molar-refractivity contribution in [2.45, 2.75) is 17.4 Å². The molecule has 22 heavy (non-hydrogen) atoms. The highest BCUT2D eigenvalue weighted by Crippen LogP contribution is 2.26. The van der Waals surface area contributed by atoms with E-state index in [2.05, 4.69) is 4.72 Å². The zero-order valence-electron chi connectivity index (χ0n) is 12.2. The lowest BCUT2D eigenvalue weighted by Crippen LogP contribution is -2.42. The SMILES string of the molecule is COc1ccccc1S(=O)(=O)NC1COc2ccccc2C1. The first-order valence-electron chi connectivity index (χ1n) is 6.96. The molecule has 0 aromatic heterocycles. The maximum Gasteiger partial charge on any atom is 0.244 e. The maximum atomic E-state index is 12.5. The Morgan fingerprint density at radius 1 is 1.14 bits per heavy atom. The van der Waals surface area contributed by atoms with Crippen LogP contribution in [0.3, 0.4) is 0 Å². The second-order valence-electron chi connectivity index (χ2n) is 5.09. The maximum absolute atomic E-state index is 12.5. The normalized spacial score (nSPS) is 17.4. The summed E-state index contributed by atoms with van der Waals surface area (Å²) in [6, 6.07) is 13.9. The lowest BCUT2D eigenvalue weighted by Gasteiger charge is -2.26. The molecular formula is C16H17NO4S. The van der Waals surface area contributed by atoms with Gasteiger partial charge in [-0.1, -0.05) is 30.3 Å². The van der Waals surface area contributed by atoms with E-state index in [9.17, 15) is 8.42 Å². The van der Waals surface area contributed by atoms with Gasteiger partial charge in [-0.15, -0.1) is 0 Å². The zero-order chi connectivity index (χ0) is 15.6. The molecule has 0 radical (unpaired) electrons. The monoisotopic (exact) mass is 319 g/mol. The summed E-state index contributed by atoms with van der Waals surface area (Å²) in [7, 11) is -2.21. The minimum absolute atomic E-state index is 0.136. The number of sulfonamides is 1. The fourth-order valence-electron chi connectivity index (χ4n) is 2.53. The molecule has 3 rings (SSSR count). The van der Waals surface area contributed by atoms with Crippen LogP contribution in [-0.4, -0.2) is 28.2 Å². The smallest absolute Gasteiger partial charge is 0.244 e. The Kier molecular flexibility index (Phi) is 4.04. The van der Waals surface area contributed by atoms with Gasteiger partial charge in [-0.25, -0.2) is 13.1 Å². The number of rotatable bonds is 4. The number of hydrogen-bond acceptors (Lipinski definition) is 4. The van der Waals surface area contributed by atoms with Gasteiger partial charge in [-0.05, 0) is 30.2 Å². The van der Waals surface area contributed by atoms with Crippen molar-refractivity contribution in [1.29, 1.82) is 0 Å². The average molecular weight is 319 g/mol. The minimum Gasteiger partial charge on any atom is -0.495 e. The molecule has 0 saturated heterocycles. The van der Waals surface area contributed by atoms with E-state index in [1.54, 1.807) is 18.2 Å². The topological polar surface area (TPSA) is 64.6 Å². The Morgan fingerprint density at radius 3 is 2.68 bits per heavy atom. The predicted molar refractivity (Wildman–Crippen MR) is 82.7 cm³/mol. The van der Waals surface area contributed by atoms with Gasteiger partial charge < -0.3 is 9.47 Å². The summed E-state index contributed by atoms with van der Waals surface area (Å²) in [5.74, 6) is 1.14. The summed E-state index contributed by atoms with van der Waals surface area (Å²) in [6.45, 7) is 0.311. The lowest BCUT2D eigenvalue weighted by molar-refractivity contribution is 0.254. The van der Waals surface area contributed by atoms with E-state index < -0.39 is 10.0 Å². The summed E-state index contributed by atoms with van der Waals surface area (Å²) < 4.78 is 38.5. The van der Waals surface area contributed by atoms with Gasteiger partial charge in [0.05, 0.1) is 13.2 Å². The highest BCUT2D eigenvalue weighted by molar-refractivity contribution is 7.89.